The summed E-state index contributed by atoms with van der Waals surface area (Å²) in [6.07, 6.45) is 4.30. The van der Waals surface area contributed by atoms with Gasteiger partial charge in [0.25, 0.3) is 0 Å². The van der Waals surface area contributed by atoms with Crippen molar-refractivity contribution in [3.63, 3.8) is 0 Å². The molecule has 102 valence electrons. The molecular formula is C13H23N3OS. The van der Waals surface area contributed by atoms with E-state index < -0.39 is 0 Å². The Morgan fingerprint density at radius 1 is 1.44 bits per heavy atom. The normalized spacial score (nSPS) is 11.7. The minimum absolute atomic E-state index is 0.554. The van der Waals surface area contributed by atoms with Crippen LogP contribution >= 0.6 is 11.3 Å². The second-order valence-electron chi connectivity index (χ2n) is 4.08. The number of ether oxygens (including phenoxy) is 1. The zero-order valence-electron chi connectivity index (χ0n) is 11.0. The molecule has 1 rings (SSSR count). The fraction of sp³-hybridized carbons (Fsp3) is 0.615. The first-order chi connectivity index (χ1) is 8.83. The van der Waals surface area contributed by atoms with Gasteiger partial charge in [0.1, 0.15) is 0 Å². The molecule has 4 nitrogen and oxygen atoms in total. The van der Waals surface area contributed by atoms with E-state index in [9.17, 15) is 0 Å². The third-order valence-electron chi connectivity index (χ3n) is 2.55. The number of unbranched alkanes of at least 4 members (excludes halogenated alkanes) is 2. The van der Waals surface area contributed by atoms with Crippen molar-refractivity contribution in [1.82, 2.24) is 5.32 Å². The summed E-state index contributed by atoms with van der Waals surface area (Å²) < 4.78 is 4.99. The Morgan fingerprint density at radius 2 is 2.33 bits per heavy atom. The third kappa shape index (κ3) is 7.29. The molecule has 0 saturated carbocycles. The number of nitrogens with two attached hydrogens (primary N) is 1. The Balaban J connectivity index is 1.99. The van der Waals surface area contributed by atoms with Crippen molar-refractivity contribution >= 4 is 17.3 Å². The summed E-state index contributed by atoms with van der Waals surface area (Å²) in [5.74, 6) is 0.554. The molecule has 5 heteroatoms. The minimum Gasteiger partial charge on any atom is -0.385 e. The number of nitrogens with one attached hydrogen (secondary N) is 1. The summed E-state index contributed by atoms with van der Waals surface area (Å²) in [4.78, 5) is 5.66. The van der Waals surface area contributed by atoms with E-state index in [4.69, 9.17) is 10.5 Å². The van der Waals surface area contributed by atoms with Crippen LogP contribution in [0.2, 0.25) is 0 Å². The van der Waals surface area contributed by atoms with Crippen LogP contribution in [0.25, 0.3) is 0 Å². The molecule has 0 amide bonds. The predicted octanol–water partition coefficient (Wildman–Crippen LogP) is 2.01. The Labute approximate surface area is 113 Å². The highest BCUT2D eigenvalue weighted by Crippen LogP contribution is 2.07. The molecule has 1 heterocycles. The predicted molar refractivity (Wildman–Crippen MR) is 78.2 cm³/mol. The van der Waals surface area contributed by atoms with Crippen molar-refractivity contribution < 1.29 is 4.74 Å². The monoisotopic (exact) mass is 269 g/mol. The molecule has 0 aliphatic carbocycles. The van der Waals surface area contributed by atoms with E-state index in [1.807, 2.05) is 0 Å². The highest BCUT2D eigenvalue weighted by Gasteiger charge is 1.95. The molecule has 0 atom stereocenters. The van der Waals surface area contributed by atoms with E-state index in [2.05, 4.69) is 27.8 Å². The maximum Gasteiger partial charge on any atom is 0.188 e. The van der Waals surface area contributed by atoms with E-state index in [0.717, 1.165) is 45.4 Å². The molecule has 0 saturated heterocycles. The average molecular weight is 269 g/mol. The number of hydrogen-bond donors (Lipinski definition) is 2. The molecule has 0 spiro atoms. The van der Waals surface area contributed by atoms with Crippen molar-refractivity contribution in [2.45, 2.75) is 25.7 Å². The highest BCUT2D eigenvalue weighted by atomic mass is 32.1. The Kier molecular flexibility index (Phi) is 8.25. The molecule has 0 aliphatic rings. The van der Waals surface area contributed by atoms with Gasteiger partial charge in [0.15, 0.2) is 5.96 Å². The van der Waals surface area contributed by atoms with Crippen LogP contribution in [0.4, 0.5) is 0 Å². The van der Waals surface area contributed by atoms with Crippen molar-refractivity contribution in [1.29, 1.82) is 0 Å². The van der Waals surface area contributed by atoms with E-state index >= 15 is 0 Å². The minimum atomic E-state index is 0.554. The van der Waals surface area contributed by atoms with Crippen molar-refractivity contribution in [2.24, 2.45) is 10.7 Å². The van der Waals surface area contributed by atoms with Crippen LogP contribution in [0.1, 0.15) is 24.1 Å². The van der Waals surface area contributed by atoms with Crippen LogP contribution in [0.3, 0.4) is 0 Å². The van der Waals surface area contributed by atoms with E-state index in [1.165, 1.54) is 4.88 Å². The lowest BCUT2D eigenvalue weighted by Crippen LogP contribution is -2.33. The topological polar surface area (TPSA) is 59.6 Å². The van der Waals surface area contributed by atoms with Crippen LogP contribution in [0.5, 0.6) is 0 Å². The number of nitrogens with zero attached hydrogens (tertiary/aromatic N) is 1. The zero-order chi connectivity index (χ0) is 13.1. The number of hydrogen-bond acceptors (Lipinski definition) is 3. The first-order valence-corrected chi connectivity index (χ1v) is 7.26. The lowest BCUT2D eigenvalue weighted by molar-refractivity contribution is 0.192. The molecule has 0 fully saturated rings. The van der Waals surface area contributed by atoms with E-state index in [-0.39, 0.29) is 0 Å². The summed E-state index contributed by atoms with van der Waals surface area (Å²) in [7, 11) is 1.73. The standard InChI is InChI=1S/C13H23N3OS/c1-17-10-4-2-3-8-15-13(14)16-9-7-12-6-5-11-18-12/h5-6,11H,2-4,7-10H2,1H3,(H3,14,15,16). The summed E-state index contributed by atoms with van der Waals surface area (Å²) in [6, 6.07) is 4.20. The highest BCUT2D eigenvalue weighted by molar-refractivity contribution is 7.09. The van der Waals surface area contributed by atoms with Gasteiger partial charge in [-0.2, -0.15) is 0 Å². The van der Waals surface area contributed by atoms with Crippen molar-refractivity contribution in [3.05, 3.63) is 22.4 Å². The van der Waals surface area contributed by atoms with Gasteiger partial charge in [0, 0.05) is 31.7 Å². The molecule has 0 bridgehead atoms. The molecule has 1 aromatic heterocycles. The quantitative estimate of drug-likeness (QED) is 0.409. The summed E-state index contributed by atoms with van der Waals surface area (Å²) in [6.45, 7) is 2.47. The molecule has 0 aromatic carbocycles. The van der Waals surface area contributed by atoms with E-state index in [0.29, 0.717) is 5.96 Å². The van der Waals surface area contributed by atoms with Crippen LogP contribution in [0, 0.1) is 0 Å². The van der Waals surface area contributed by atoms with Gasteiger partial charge in [0.05, 0.1) is 0 Å². The van der Waals surface area contributed by atoms with Gasteiger partial charge in [-0.05, 0) is 37.1 Å². The lowest BCUT2D eigenvalue weighted by Gasteiger charge is -2.04. The van der Waals surface area contributed by atoms with Crippen LogP contribution in [-0.2, 0) is 11.2 Å². The van der Waals surface area contributed by atoms with Gasteiger partial charge in [-0.15, -0.1) is 11.3 Å². The smallest absolute Gasteiger partial charge is 0.188 e. The lowest BCUT2D eigenvalue weighted by atomic mass is 10.2. The molecule has 0 aliphatic heterocycles. The number of guanidine groups is 1. The third-order valence-corrected chi connectivity index (χ3v) is 3.48. The molecule has 1 aromatic rings. The number of thiophene rings is 1. The fourth-order valence-corrected chi connectivity index (χ4v) is 2.27. The SMILES string of the molecule is COCCCCCN=C(N)NCCc1cccs1. The average Bonchev–Trinajstić information content (AvgIpc) is 2.87. The second kappa shape index (κ2) is 9.91. The van der Waals surface area contributed by atoms with Crippen LogP contribution in [-0.4, -0.2) is 32.8 Å². The largest absolute Gasteiger partial charge is 0.385 e. The summed E-state index contributed by atoms with van der Waals surface area (Å²) >= 11 is 1.77. The summed E-state index contributed by atoms with van der Waals surface area (Å²) in [5, 5.41) is 5.22. The van der Waals surface area contributed by atoms with Gasteiger partial charge in [-0.1, -0.05) is 6.07 Å². The van der Waals surface area contributed by atoms with Crippen LogP contribution < -0.4 is 11.1 Å². The van der Waals surface area contributed by atoms with Gasteiger partial charge in [0.2, 0.25) is 0 Å². The maximum atomic E-state index is 5.77. The molecule has 3 N–H and O–H groups in total. The Morgan fingerprint density at radius 3 is 3.06 bits per heavy atom. The number of rotatable bonds is 9. The first-order valence-electron chi connectivity index (χ1n) is 6.38. The van der Waals surface area contributed by atoms with Gasteiger partial charge >= 0.3 is 0 Å². The Bertz CT molecular complexity index is 325. The van der Waals surface area contributed by atoms with Crippen LogP contribution in [0.15, 0.2) is 22.5 Å². The van der Waals surface area contributed by atoms with Crippen molar-refractivity contribution in [2.75, 3.05) is 26.8 Å². The molecule has 0 unspecified atom stereocenters. The fourth-order valence-electron chi connectivity index (χ4n) is 1.56. The van der Waals surface area contributed by atoms with Gasteiger partial charge in [-0.25, -0.2) is 0 Å². The maximum absolute atomic E-state index is 5.77. The molecule has 18 heavy (non-hydrogen) atoms. The molecular weight excluding hydrogens is 246 g/mol. The second-order valence-corrected chi connectivity index (χ2v) is 5.11. The summed E-state index contributed by atoms with van der Waals surface area (Å²) in [5.41, 5.74) is 5.77. The number of aliphatic imine (C=N–C) groups is 1. The van der Waals surface area contributed by atoms with Gasteiger partial charge in [-0.3, -0.25) is 4.99 Å². The van der Waals surface area contributed by atoms with E-state index in [1.54, 1.807) is 18.4 Å². The molecule has 0 radical (unpaired) electrons. The van der Waals surface area contributed by atoms with Crippen molar-refractivity contribution in [3.8, 4) is 0 Å². The van der Waals surface area contributed by atoms with Gasteiger partial charge < -0.3 is 15.8 Å². The Hall–Kier alpha value is -1.07. The zero-order valence-corrected chi connectivity index (χ0v) is 11.8. The number of methoxy groups -OCH3 is 1. The first kappa shape index (κ1) is 15.0.